The van der Waals surface area contributed by atoms with Gasteiger partial charge in [-0.3, -0.25) is 4.79 Å². The van der Waals surface area contributed by atoms with Crippen molar-refractivity contribution in [2.45, 2.75) is 10.8 Å². The monoisotopic (exact) mass is 343 g/mol. The number of rotatable bonds is 3. The predicted molar refractivity (Wildman–Crippen MR) is 89.5 cm³/mol. The highest BCUT2D eigenvalue weighted by Gasteiger charge is 2.51. The molecule has 0 bridgehead atoms. The maximum Gasteiger partial charge on any atom is 0.285 e. The van der Waals surface area contributed by atoms with E-state index >= 15 is 0 Å². The summed E-state index contributed by atoms with van der Waals surface area (Å²) in [7, 11) is 0. The second-order valence-corrected chi connectivity index (χ2v) is 8.52. The van der Waals surface area contributed by atoms with E-state index in [1.165, 1.54) is 11.8 Å². The fourth-order valence-corrected chi connectivity index (χ4v) is 4.73. The Kier molecular flexibility index (Phi) is 4.18. The largest absolute Gasteiger partial charge is 0.285 e. The lowest BCUT2D eigenvalue weighted by Gasteiger charge is -1.99. The second kappa shape index (κ2) is 5.76. The molecule has 1 aliphatic heterocycles. The third-order valence-electron chi connectivity index (χ3n) is 3.06. The van der Waals surface area contributed by atoms with Gasteiger partial charge >= 0.3 is 0 Å². The lowest BCUT2D eigenvalue weighted by molar-refractivity contribution is -0.113. The van der Waals surface area contributed by atoms with Gasteiger partial charge in [-0.25, -0.2) is 0 Å². The first-order valence-corrected chi connectivity index (χ1v) is 8.69. The highest BCUT2D eigenvalue weighted by molar-refractivity contribution is 8.41. The van der Waals surface area contributed by atoms with Crippen LogP contribution in [0.15, 0.2) is 40.2 Å². The number of alkyl halides is 2. The SMILES string of the molecule is O=C1N=C(SC[C@H]2CC2(Cl)Cl)S/C1=C\c1ccccc1. The lowest BCUT2D eigenvalue weighted by atomic mass is 10.2. The van der Waals surface area contributed by atoms with Crippen molar-refractivity contribution in [3.05, 3.63) is 40.8 Å². The quantitative estimate of drug-likeness (QED) is 0.594. The Morgan fingerprint density at radius 3 is 2.75 bits per heavy atom. The Balaban J connectivity index is 1.60. The van der Waals surface area contributed by atoms with Gasteiger partial charge in [0.2, 0.25) is 0 Å². The van der Waals surface area contributed by atoms with Crippen LogP contribution in [0.1, 0.15) is 12.0 Å². The van der Waals surface area contributed by atoms with Gasteiger partial charge in [0.15, 0.2) is 0 Å². The zero-order chi connectivity index (χ0) is 14.2. The number of benzene rings is 1. The highest BCUT2D eigenvalue weighted by atomic mass is 35.5. The maximum absolute atomic E-state index is 11.8. The van der Waals surface area contributed by atoms with Crippen LogP contribution in [0.25, 0.3) is 6.08 Å². The van der Waals surface area contributed by atoms with Crippen LogP contribution in [0.2, 0.25) is 0 Å². The first-order chi connectivity index (χ1) is 9.54. The smallest absolute Gasteiger partial charge is 0.266 e. The second-order valence-electron chi connectivity index (χ2n) is 4.68. The molecule has 0 saturated heterocycles. The van der Waals surface area contributed by atoms with Gasteiger partial charge in [-0.2, -0.15) is 4.99 Å². The minimum absolute atomic E-state index is 0.167. The van der Waals surface area contributed by atoms with E-state index in [1.807, 2.05) is 36.4 Å². The highest BCUT2D eigenvalue weighted by Crippen LogP contribution is 2.54. The van der Waals surface area contributed by atoms with Crippen LogP contribution < -0.4 is 0 Å². The summed E-state index contributed by atoms with van der Waals surface area (Å²) in [6.45, 7) is 0. The number of amides is 1. The van der Waals surface area contributed by atoms with Gasteiger partial charge in [0, 0.05) is 11.7 Å². The van der Waals surface area contributed by atoms with Gasteiger partial charge in [-0.15, -0.1) is 23.2 Å². The summed E-state index contributed by atoms with van der Waals surface area (Å²) >= 11 is 14.9. The molecule has 1 atom stereocenters. The van der Waals surface area contributed by atoms with Gasteiger partial charge in [0.25, 0.3) is 5.91 Å². The molecule has 1 aromatic rings. The summed E-state index contributed by atoms with van der Waals surface area (Å²) < 4.78 is 0.219. The molecule has 2 aliphatic rings. The lowest BCUT2D eigenvalue weighted by Crippen LogP contribution is -1.94. The molecule has 0 N–H and O–H groups in total. The van der Waals surface area contributed by atoms with Gasteiger partial charge in [-0.05, 0) is 18.1 Å². The van der Waals surface area contributed by atoms with E-state index in [1.54, 1.807) is 11.8 Å². The Morgan fingerprint density at radius 2 is 2.10 bits per heavy atom. The van der Waals surface area contributed by atoms with Crippen molar-refractivity contribution in [2.75, 3.05) is 5.75 Å². The predicted octanol–water partition coefficient (Wildman–Crippen LogP) is 4.58. The molecule has 0 aromatic heterocycles. The molecule has 0 radical (unpaired) electrons. The fourth-order valence-electron chi connectivity index (χ4n) is 1.77. The summed E-state index contributed by atoms with van der Waals surface area (Å²) in [5.41, 5.74) is 1.01. The van der Waals surface area contributed by atoms with Crippen molar-refractivity contribution in [1.82, 2.24) is 0 Å². The number of thioether (sulfide) groups is 2. The molecular weight excluding hydrogens is 333 g/mol. The van der Waals surface area contributed by atoms with E-state index in [0.29, 0.717) is 10.8 Å². The van der Waals surface area contributed by atoms with E-state index < -0.39 is 4.33 Å². The molecule has 20 heavy (non-hydrogen) atoms. The average Bonchev–Trinajstić information content (AvgIpc) is 2.88. The molecular formula is C14H11Cl2NOS2. The Labute approximate surface area is 136 Å². The van der Waals surface area contributed by atoms with E-state index in [0.717, 1.165) is 22.1 Å². The molecule has 0 unspecified atom stereocenters. The molecule has 1 fully saturated rings. The van der Waals surface area contributed by atoms with Crippen molar-refractivity contribution < 1.29 is 4.79 Å². The van der Waals surface area contributed by atoms with Crippen LogP contribution in [0.5, 0.6) is 0 Å². The minimum atomic E-state index is -0.566. The van der Waals surface area contributed by atoms with Crippen LogP contribution in [-0.2, 0) is 4.79 Å². The molecule has 2 nitrogen and oxygen atoms in total. The molecule has 3 rings (SSSR count). The number of hydrogen-bond donors (Lipinski definition) is 0. The molecule has 1 amide bonds. The number of halogens is 2. The van der Waals surface area contributed by atoms with Crippen molar-refractivity contribution in [3.8, 4) is 0 Å². The zero-order valence-corrected chi connectivity index (χ0v) is 13.5. The van der Waals surface area contributed by atoms with Crippen LogP contribution in [0.3, 0.4) is 0 Å². The van der Waals surface area contributed by atoms with Crippen molar-refractivity contribution >= 4 is 63.1 Å². The Morgan fingerprint density at radius 1 is 1.40 bits per heavy atom. The van der Waals surface area contributed by atoms with Crippen LogP contribution >= 0.6 is 46.7 Å². The maximum atomic E-state index is 11.8. The topological polar surface area (TPSA) is 29.4 Å². The van der Waals surface area contributed by atoms with E-state index in [-0.39, 0.29) is 5.91 Å². The van der Waals surface area contributed by atoms with E-state index in [9.17, 15) is 4.79 Å². The van der Waals surface area contributed by atoms with Crippen molar-refractivity contribution in [2.24, 2.45) is 10.9 Å². The molecule has 6 heteroatoms. The minimum Gasteiger partial charge on any atom is -0.266 e. The Hall–Kier alpha value is -0.420. The molecule has 1 saturated carbocycles. The third-order valence-corrected chi connectivity index (χ3v) is 6.28. The first-order valence-electron chi connectivity index (χ1n) is 6.13. The van der Waals surface area contributed by atoms with Crippen LogP contribution in [-0.4, -0.2) is 20.4 Å². The van der Waals surface area contributed by atoms with Gasteiger partial charge in [0.05, 0.1) is 4.91 Å². The number of carbonyl (C=O) groups excluding carboxylic acids is 1. The molecule has 1 aliphatic carbocycles. The zero-order valence-electron chi connectivity index (χ0n) is 10.4. The molecule has 0 spiro atoms. The van der Waals surface area contributed by atoms with E-state index in [4.69, 9.17) is 23.2 Å². The summed E-state index contributed by atoms with van der Waals surface area (Å²) in [4.78, 5) is 16.6. The normalized spacial score (nSPS) is 25.9. The average molecular weight is 344 g/mol. The summed E-state index contributed by atoms with van der Waals surface area (Å²) in [5.74, 6) is 0.946. The van der Waals surface area contributed by atoms with Crippen molar-refractivity contribution in [1.29, 1.82) is 0 Å². The summed E-state index contributed by atoms with van der Waals surface area (Å²) in [6.07, 6.45) is 2.69. The molecule has 1 heterocycles. The van der Waals surface area contributed by atoms with Gasteiger partial charge in [0.1, 0.15) is 8.71 Å². The number of nitrogens with zero attached hydrogens (tertiary/aromatic N) is 1. The van der Waals surface area contributed by atoms with Gasteiger partial charge < -0.3 is 0 Å². The van der Waals surface area contributed by atoms with Crippen molar-refractivity contribution in [3.63, 3.8) is 0 Å². The van der Waals surface area contributed by atoms with Crippen LogP contribution in [0.4, 0.5) is 0 Å². The molecule has 1 aromatic carbocycles. The fraction of sp³-hybridized carbons (Fsp3) is 0.286. The first kappa shape index (κ1) is 14.5. The number of aliphatic imine (C=N–C) groups is 1. The number of hydrogen-bond acceptors (Lipinski definition) is 3. The number of carbonyl (C=O) groups is 1. The standard InChI is InChI=1S/C14H11Cl2NOS2/c15-14(16)7-10(14)8-19-13-17-12(18)11(20-13)6-9-4-2-1-3-5-9/h1-6,10H,7-8H2/b11-6-/t10-/m1/s1. The third kappa shape index (κ3) is 3.42. The van der Waals surface area contributed by atoms with Gasteiger partial charge in [-0.1, -0.05) is 53.9 Å². The summed E-state index contributed by atoms with van der Waals surface area (Å²) in [6, 6.07) is 9.77. The van der Waals surface area contributed by atoms with Crippen LogP contribution in [0, 0.1) is 5.92 Å². The van der Waals surface area contributed by atoms with E-state index in [2.05, 4.69) is 4.99 Å². The molecule has 104 valence electrons. The Bertz CT molecular complexity index is 598. The summed E-state index contributed by atoms with van der Waals surface area (Å²) in [5, 5.41) is 0.